The summed E-state index contributed by atoms with van der Waals surface area (Å²) in [4.78, 5) is 37.8. The molecule has 2 aromatic rings. The van der Waals surface area contributed by atoms with Crippen LogP contribution in [0.5, 0.6) is 0 Å². The van der Waals surface area contributed by atoms with E-state index in [0.29, 0.717) is 55.4 Å². The van der Waals surface area contributed by atoms with Crippen molar-refractivity contribution in [1.82, 2.24) is 14.9 Å². The first-order valence-electron chi connectivity index (χ1n) is 11.3. The zero-order valence-electron chi connectivity index (χ0n) is 18.5. The van der Waals surface area contributed by atoms with Crippen molar-refractivity contribution >= 4 is 29.1 Å². The minimum Gasteiger partial charge on any atom is -0.391 e. The second kappa shape index (κ2) is 8.12. The second-order valence-electron chi connectivity index (χ2n) is 9.17. The number of carbonyl (C=O) groups is 2. The van der Waals surface area contributed by atoms with Gasteiger partial charge in [0.2, 0.25) is 5.91 Å². The number of nitrogens with zero attached hydrogens (tertiary/aromatic N) is 5. The quantitative estimate of drug-likeness (QED) is 0.723. The van der Waals surface area contributed by atoms with Crippen molar-refractivity contribution < 1.29 is 14.7 Å². The Labute approximate surface area is 192 Å². The molecule has 3 aliphatic rings. The van der Waals surface area contributed by atoms with Gasteiger partial charge in [0.1, 0.15) is 17.1 Å². The summed E-state index contributed by atoms with van der Waals surface area (Å²) in [7, 11) is 0. The first kappa shape index (κ1) is 21.3. The van der Waals surface area contributed by atoms with E-state index in [0.717, 1.165) is 18.4 Å². The maximum Gasteiger partial charge on any atom is 0.255 e. The number of hydrogen-bond acceptors (Lipinski definition) is 7. The van der Waals surface area contributed by atoms with Crippen molar-refractivity contribution in [3.05, 3.63) is 41.7 Å². The molecular formula is C24H26N6O3. The number of nitriles is 1. The van der Waals surface area contributed by atoms with Crippen LogP contribution in [0, 0.1) is 29.6 Å². The van der Waals surface area contributed by atoms with Gasteiger partial charge in [0.05, 0.1) is 17.7 Å². The van der Waals surface area contributed by atoms with E-state index in [1.165, 1.54) is 6.20 Å². The van der Waals surface area contributed by atoms with E-state index in [9.17, 15) is 20.0 Å². The van der Waals surface area contributed by atoms with Gasteiger partial charge in [-0.2, -0.15) is 5.26 Å². The SMILES string of the molecule is Cc1cc(Nc2cc(N3CC[C@@](C#N)(C4CC4)C3=O)ccn2)ncc1C(=O)N1CC[C@@H](O)C1. The van der Waals surface area contributed by atoms with Crippen LogP contribution in [0.4, 0.5) is 17.3 Å². The summed E-state index contributed by atoms with van der Waals surface area (Å²) in [5.74, 6) is 0.986. The van der Waals surface area contributed by atoms with Gasteiger partial charge in [-0.3, -0.25) is 9.59 Å². The highest BCUT2D eigenvalue weighted by Crippen LogP contribution is 2.51. The molecule has 2 aliphatic heterocycles. The normalized spacial score (nSPS) is 24.8. The number of aliphatic hydroxyl groups excluding tert-OH is 1. The van der Waals surface area contributed by atoms with E-state index >= 15 is 0 Å². The lowest BCUT2D eigenvalue weighted by Gasteiger charge is -2.21. The molecule has 0 bridgehead atoms. The minimum atomic E-state index is -0.886. The van der Waals surface area contributed by atoms with Crippen LogP contribution in [0.2, 0.25) is 0 Å². The predicted octanol–water partition coefficient (Wildman–Crippen LogP) is 2.39. The lowest BCUT2D eigenvalue weighted by Crippen LogP contribution is -2.35. The van der Waals surface area contributed by atoms with Crippen LogP contribution >= 0.6 is 0 Å². The van der Waals surface area contributed by atoms with Crippen LogP contribution in [0.25, 0.3) is 0 Å². The van der Waals surface area contributed by atoms with Crippen LogP contribution in [0.15, 0.2) is 30.6 Å². The van der Waals surface area contributed by atoms with Crippen LogP contribution < -0.4 is 10.2 Å². The summed E-state index contributed by atoms with van der Waals surface area (Å²) in [5.41, 5.74) is 1.09. The molecule has 1 saturated carbocycles. The highest BCUT2D eigenvalue weighted by Gasteiger charge is 2.56. The molecule has 4 heterocycles. The average molecular weight is 447 g/mol. The van der Waals surface area contributed by atoms with Crippen molar-refractivity contribution in [2.75, 3.05) is 29.9 Å². The fraction of sp³-hybridized carbons (Fsp3) is 0.458. The maximum atomic E-state index is 13.1. The molecule has 1 aliphatic carbocycles. The highest BCUT2D eigenvalue weighted by molar-refractivity contribution is 6.02. The summed E-state index contributed by atoms with van der Waals surface area (Å²) in [6.45, 7) is 3.25. The number of aliphatic hydroxyl groups is 1. The van der Waals surface area contributed by atoms with E-state index in [4.69, 9.17) is 0 Å². The monoisotopic (exact) mass is 446 g/mol. The predicted molar refractivity (Wildman–Crippen MR) is 121 cm³/mol. The van der Waals surface area contributed by atoms with Gasteiger partial charge >= 0.3 is 0 Å². The molecule has 5 rings (SSSR count). The highest BCUT2D eigenvalue weighted by atomic mass is 16.3. The maximum absolute atomic E-state index is 13.1. The van der Waals surface area contributed by atoms with Crippen LogP contribution in [0.3, 0.4) is 0 Å². The van der Waals surface area contributed by atoms with Crippen molar-refractivity contribution in [2.45, 2.75) is 38.7 Å². The van der Waals surface area contributed by atoms with Crippen molar-refractivity contribution in [3.63, 3.8) is 0 Å². The third kappa shape index (κ3) is 3.80. The Morgan fingerprint density at radius 2 is 2.03 bits per heavy atom. The fourth-order valence-corrected chi connectivity index (χ4v) is 4.87. The van der Waals surface area contributed by atoms with Crippen molar-refractivity contribution in [3.8, 4) is 6.07 Å². The number of hydrogen-bond donors (Lipinski definition) is 2. The van der Waals surface area contributed by atoms with Gasteiger partial charge in [0, 0.05) is 43.8 Å². The van der Waals surface area contributed by atoms with Gasteiger partial charge < -0.3 is 20.2 Å². The Bertz CT molecular complexity index is 1160. The number of amides is 2. The molecular weight excluding hydrogens is 420 g/mol. The van der Waals surface area contributed by atoms with E-state index in [1.807, 2.05) is 6.92 Å². The first-order chi connectivity index (χ1) is 15.9. The molecule has 2 amide bonds. The number of β-amino-alcohol motifs (C(OH)–C–C–N with tert-alkyl or cyclic N) is 1. The molecule has 9 nitrogen and oxygen atoms in total. The van der Waals surface area contributed by atoms with Crippen LogP contribution in [0.1, 0.15) is 41.6 Å². The molecule has 33 heavy (non-hydrogen) atoms. The summed E-state index contributed by atoms with van der Waals surface area (Å²) in [5, 5.41) is 22.6. The number of aryl methyl sites for hydroxylation is 1. The third-order valence-electron chi connectivity index (χ3n) is 6.93. The Kier molecular flexibility index (Phi) is 5.25. The molecule has 0 radical (unpaired) electrons. The summed E-state index contributed by atoms with van der Waals surface area (Å²) in [6.07, 6.45) is 5.73. The lowest BCUT2D eigenvalue weighted by atomic mass is 9.83. The molecule has 2 N–H and O–H groups in total. The molecule has 2 saturated heterocycles. The standard InChI is InChI=1S/C24H26N6O3/c1-15-10-20(27-12-19(15)22(32)29-8-5-18(31)13-29)28-21-11-17(4-7-26-21)30-9-6-24(14-25,23(30)33)16-2-3-16/h4,7,10-12,16,18,31H,2-3,5-6,8-9,13H2,1H3,(H,26,27,28)/t18-,24-/m1/s1. The molecule has 3 fully saturated rings. The summed E-state index contributed by atoms with van der Waals surface area (Å²) in [6, 6.07) is 7.64. The van der Waals surface area contributed by atoms with Crippen molar-refractivity contribution in [1.29, 1.82) is 5.26 Å². The second-order valence-corrected chi connectivity index (χ2v) is 9.17. The number of nitrogens with one attached hydrogen (secondary N) is 1. The summed E-state index contributed by atoms with van der Waals surface area (Å²) < 4.78 is 0. The largest absolute Gasteiger partial charge is 0.391 e. The van der Waals surface area contributed by atoms with Gasteiger partial charge in [-0.05, 0) is 56.2 Å². The van der Waals surface area contributed by atoms with Gasteiger partial charge in [-0.25, -0.2) is 9.97 Å². The van der Waals surface area contributed by atoms with E-state index in [-0.39, 0.29) is 17.7 Å². The smallest absolute Gasteiger partial charge is 0.255 e. The van der Waals surface area contributed by atoms with E-state index in [1.54, 1.807) is 34.2 Å². The number of aromatic nitrogens is 2. The number of rotatable bonds is 5. The Morgan fingerprint density at radius 1 is 1.24 bits per heavy atom. The van der Waals surface area contributed by atoms with Gasteiger partial charge in [-0.15, -0.1) is 0 Å². The number of carbonyl (C=O) groups excluding carboxylic acids is 2. The average Bonchev–Trinajstić information content (AvgIpc) is 3.48. The van der Waals surface area contributed by atoms with Gasteiger partial charge in [-0.1, -0.05) is 0 Å². The zero-order valence-corrected chi connectivity index (χ0v) is 18.5. The van der Waals surface area contributed by atoms with Crippen molar-refractivity contribution in [2.24, 2.45) is 11.3 Å². The number of pyridine rings is 2. The molecule has 2 aromatic heterocycles. The van der Waals surface area contributed by atoms with Crippen LogP contribution in [-0.2, 0) is 4.79 Å². The van der Waals surface area contributed by atoms with Crippen LogP contribution in [-0.4, -0.2) is 57.5 Å². The third-order valence-corrected chi connectivity index (χ3v) is 6.93. The number of likely N-dealkylation sites (tertiary alicyclic amines) is 1. The first-order valence-corrected chi connectivity index (χ1v) is 11.3. The molecule has 0 spiro atoms. The molecule has 9 heteroatoms. The molecule has 0 aromatic carbocycles. The van der Waals surface area contributed by atoms with E-state index < -0.39 is 11.5 Å². The molecule has 0 unspecified atom stereocenters. The fourth-order valence-electron chi connectivity index (χ4n) is 4.87. The van der Waals surface area contributed by atoms with Gasteiger partial charge in [0.15, 0.2) is 0 Å². The topological polar surface area (TPSA) is 122 Å². The Morgan fingerprint density at radius 3 is 2.70 bits per heavy atom. The Hall–Kier alpha value is -3.51. The summed E-state index contributed by atoms with van der Waals surface area (Å²) >= 11 is 0. The molecule has 170 valence electrons. The van der Waals surface area contributed by atoms with E-state index in [2.05, 4.69) is 21.4 Å². The zero-order chi connectivity index (χ0) is 23.2. The Balaban J connectivity index is 1.31. The number of anilines is 3. The molecule has 2 atom stereocenters. The minimum absolute atomic E-state index is 0.117. The van der Waals surface area contributed by atoms with Gasteiger partial charge in [0.25, 0.3) is 5.91 Å². The lowest BCUT2D eigenvalue weighted by molar-refractivity contribution is -0.123.